The highest BCUT2D eigenvalue weighted by atomic mass is 19.1. The first-order chi connectivity index (χ1) is 15.1. The number of alkyl carbamates (subject to hydrolysis) is 1. The van der Waals surface area contributed by atoms with Crippen LogP contribution in [0.5, 0.6) is 0 Å². The fraction of sp³-hybridized carbons (Fsp3) is 0.542. The number of allylic oxidation sites excluding steroid dienone is 6. The predicted molar refractivity (Wildman–Crippen MR) is 119 cm³/mol. The maximum absolute atomic E-state index is 15.6. The van der Waals surface area contributed by atoms with Crippen LogP contribution < -0.4 is 16.0 Å². The molecule has 174 valence electrons. The molecule has 2 atom stereocenters. The van der Waals surface area contributed by atoms with E-state index in [1.807, 2.05) is 30.5 Å². The minimum Gasteiger partial charge on any atom is -0.444 e. The Hall–Kier alpha value is -2.74. The van der Waals surface area contributed by atoms with E-state index in [0.29, 0.717) is 24.8 Å². The van der Waals surface area contributed by atoms with E-state index in [-0.39, 0.29) is 25.2 Å². The molecule has 3 N–H and O–H groups in total. The van der Waals surface area contributed by atoms with Gasteiger partial charge in [0.15, 0.2) is 11.6 Å². The highest BCUT2D eigenvalue weighted by Gasteiger charge is 2.50. The van der Waals surface area contributed by atoms with Crippen LogP contribution in [-0.2, 0) is 14.3 Å². The number of amides is 1. The summed E-state index contributed by atoms with van der Waals surface area (Å²) in [6.07, 6.45) is 8.70. The quantitative estimate of drug-likeness (QED) is 0.557. The summed E-state index contributed by atoms with van der Waals surface area (Å²) < 4.78 is 20.8. The second kappa shape index (κ2) is 9.81. The summed E-state index contributed by atoms with van der Waals surface area (Å²) in [6, 6.07) is 0. The van der Waals surface area contributed by atoms with Crippen molar-refractivity contribution in [3.05, 3.63) is 47.2 Å². The van der Waals surface area contributed by atoms with E-state index in [9.17, 15) is 14.4 Å². The van der Waals surface area contributed by atoms with Gasteiger partial charge in [-0.25, -0.2) is 9.18 Å². The first-order valence-electron chi connectivity index (χ1n) is 11.1. The van der Waals surface area contributed by atoms with Gasteiger partial charge < -0.3 is 15.4 Å². The van der Waals surface area contributed by atoms with E-state index < -0.39 is 29.3 Å². The predicted octanol–water partition coefficient (Wildman–Crippen LogP) is 3.15. The molecular formula is C24H32FN3O4. The lowest BCUT2D eigenvalue weighted by atomic mass is 9.86. The first kappa shape index (κ1) is 23.9. The molecule has 0 unspecified atom stereocenters. The maximum Gasteiger partial charge on any atom is 0.409 e. The van der Waals surface area contributed by atoms with Crippen LogP contribution in [0.4, 0.5) is 9.18 Å². The first-order valence-corrected chi connectivity index (χ1v) is 11.1. The molecule has 3 aliphatic rings. The lowest BCUT2D eigenvalue weighted by molar-refractivity contribution is -0.131. The molecule has 2 heterocycles. The zero-order valence-electron chi connectivity index (χ0n) is 18.9. The van der Waals surface area contributed by atoms with Gasteiger partial charge in [-0.2, -0.15) is 0 Å². The summed E-state index contributed by atoms with van der Waals surface area (Å²) in [5, 5.41) is 8.42. The van der Waals surface area contributed by atoms with E-state index in [4.69, 9.17) is 4.74 Å². The summed E-state index contributed by atoms with van der Waals surface area (Å²) in [4.78, 5) is 37.4. The number of dihydropyridines is 1. The molecule has 0 aromatic heterocycles. The number of rotatable bonds is 7. The molecular weight excluding hydrogens is 413 g/mol. The third-order valence-corrected chi connectivity index (χ3v) is 5.60. The summed E-state index contributed by atoms with van der Waals surface area (Å²) in [5.74, 6) is -0.556. The lowest BCUT2D eigenvalue weighted by Crippen LogP contribution is -2.56. The molecule has 7 nitrogen and oxygen atoms in total. The van der Waals surface area contributed by atoms with E-state index in [1.54, 1.807) is 20.8 Å². The molecule has 1 saturated heterocycles. The number of hydrogen-bond acceptors (Lipinski definition) is 6. The number of hydrogen-bond donors (Lipinski definition) is 3. The zero-order chi connectivity index (χ0) is 23.4. The topological polar surface area (TPSA) is 96.5 Å². The number of carbonyl (C=O) groups is 3. The van der Waals surface area contributed by atoms with Crippen molar-refractivity contribution in [2.24, 2.45) is 0 Å². The largest absolute Gasteiger partial charge is 0.444 e. The average molecular weight is 446 g/mol. The van der Waals surface area contributed by atoms with Gasteiger partial charge in [0, 0.05) is 44.1 Å². The smallest absolute Gasteiger partial charge is 0.409 e. The van der Waals surface area contributed by atoms with Gasteiger partial charge in [0.05, 0.1) is 0 Å². The highest BCUT2D eigenvalue weighted by molar-refractivity contribution is 6.00. The number of nitrogens with one attached hydrogen (secondary N) is 3. The van der Waals surface area contributed by atoms with Crippen molar-refractivity contribution < 1.29 is 23.5 Å². The summed E-state index contributed by atoms with van der Waals surface area (Å²) in [6.45, 7) is 6.14. The van der Waals surface area contributed by atoms with Crippen LogP contribution in [0.15, 0.2) is 47.2 Å². The van der Waals surface area contributed by atoms with Gasteiger partial charge in [-0.1, -0.05) is 24.3 Å². The average Bonchev–Trinajstić information content (AvgIpc) is 3.09. The molecule has 8 heteroatoms. The molecule has 1 fully saturated rings. The standard InChI is InChI=1S/C24H32FN3O4/c1-23(2,3)32-22(31)28-21-24(25,12-14-27-21)20(30)11-5-9-18-17(8-4-10-19(18)29)16-7-6-13-26-15-16/h4,6-8,15,21,26-27H,5,9-14H2,1-3H3,(H,28,31)/t21-,24-/m0/s1. The van der Waals surface area contributed by atoms with Crippen molar-refractivity contribution in [2.75, 3.05) is 13.1 Å². The summed E-state index contributed by atoms with van der Waals surface area (Å²) >= 11 is 0. The minimum absolute atomic E-state index is 0.0222. The third-order valence-electron chi connectivity index (χ3n) is 5.60. The SMILES string of the molecule is CC(C)(C)OC(=O)N[C@@H]1NCC[C@]1(F)C(=O)CCCC1=C(C2=CNCC=C2)C=CCC1=O. The fourth-order valence-corrected chi connectivity index (χ4v) is 4.07. The van der Waals surface area contributed by atoms with E-state index in [0.717, 1.165) is 17.7 Å². The van der Waals surface area contributed by atoms with Crippen molar-refractivity contribution in [1.29, 1.82) is 0 Å². The number of carbonyl (C=O) groups excluding carboxylic acids is 3. The number of ether oxygens (including phenoxy) is 1. The molecule has 1 aliphatic carbocycles. The Bertz CT molecular complexity index is 897. The number of Topliss-reactive ketones (excluding diaryl/α,β-unsaturated/α-hetero) is 2. The normalized spacial score (nSPS) is 25.4. The van der Waals surface area contributed by atoms with Crippen molar-refractivity contribution >= 4 is 17.7 Å². The Morgan fingerprint density at radius 2 is 2.06 bits per heavy atom. The second-order valence-corrected chi connectivity index (χ2v) is 9.25. The van der Waals surface area contributed by atoms with Crippen molar-refractivity contribution in [1.82, 2.24) is 16.0 Å². The van der Waals surface area contributed by atoms with E-state index >= 15 is 4.39 Å². The molecule has 1 amide bonds. The van der Waals surface area contributed by atoms with Crippen LogP contribution in [0.25, 0.3) is 0 Å². The maximum atomic E-state index is 15.6. The van der Waals surface area contributed by atoms with Crippen LogP contribution in [0, 0.1) is 0 Å². The molecule has 0 aromatic carbocycles. The lowest BCUT2D eigenvalue weighted by Gasteiger charge is -2.28. The fourth-order valence-electron chi connectivity index (χ4n) is 4.07. The Kier molecular flexibility index (Phi) is 7.33. The number of ketones is 2. The Balaban J connectivity index is 1.62. The van der Waals surface area contributed by atoms with Crippen molar-refractivity contribution in [2.45, 2.75) is 70.3 Å². The molecule has 0 bridgehead atoms. The zero-order valence-corrected chi connectivity index (χ0v) is 18.9. The van der Waals surface area contributed by atoms with E-state index in [1.165, 1.54) is 0 Å². The Morgan fingerprint density at radius 3 is 2.75 bits per heavy atom. The monoisotopic (exact) mass is 445 g/mol. The van der Waals surface area contributed by atoms with Crippen molar-refractivity contribution in [3.8, 4) is 0 Å². The van der Waals surface area contributed by atoms with Gasteiger partial charge in [-0.15, -0.1) is 0 Å². The highest BCUT2D eigenvalue weighted by Crippen LogP contribution is 2.31. The molecule has 0 saturated carbocycles. The van der Waals surface area contributed by atoms with Crippen LogP contribution >= 0.6 is 0 Å². The van der Waals surface area contributed by atoms with Gasteiger partial charge in [0.2, 0.25) is 5.67 Å². The molecule has 3 rings (SSSR count). The Morgan fingerprint density at radius 1 is 1.28 bits per heavy atom. The molecule has 0 radical (unpaired) electrons. The van der Waals surface area contributed by atoms with Gasteiger partial charge in [-0.3, -0.25) is 14.9 Å². The van der Waals surface area contributed by atoms with Crippen LogP contribution in [0.1, 0.15) is 52.9 Å². The minimum atomic E-state index is -2.21. The summed E-state index contributed by atoms with van der Waals surface area (Å²) in [7, 11) is 0. The second-order valence-electron chi connectivity index (χ2n) is 9.25. The van der Waals surface area contributed by atoms with Gasteiger partial charge >= 0.3 is 6.09 Å². The summed E-state index contributed by atoms with van der Waals surface area (Å²) in [5.41, 5.74) is -0.495. The molecule has 2 aliphatic heterocycles. The third kappa shape index (κ3) is 5.73. The molecule has 0 aromatic rings. The van der Waals surface area contributed by atoms with E-state index in [2.05, 4.69) is 16.0 Å². The van der Waals surface area contributed by atoms with Gasteiger partial charge in [0.25, 0.3) is 0 Å². The molecule has 32 heavy (non-hydrogen) atoms. The molecule has 0 spiro atoms. The number of alkyl halides is 1. The van der Waals surface area contributed by atoms with Crippen molar-refractivity contribution in [3.63, 3.8) is 0 Å². The van der Waals surface area contributed by atoms with Crippen LogP contribution in [-0.4, -0.2) is 48.2 Å². The van der Waals surface area contributed by atoms with Gasteiger partial charge in [0.1, 0.15) is 11.8 Å². The Labute approximate surface area is 188 Å². The van der Waals surface area contributed by atoms with Crippen LogP contribution in [0.2, 0.25) is 0 Å². The van der Waals surface area contributed by atoms with Crippen LogP contribution in [0.3, 0.4) is 0 Å². The van der Waals surface area contributed by atoms with Gasteiger partial charge in [-0.05, 0) is 44.8 Å². The number of halogens is 1.